The Morgan fingerprint density at radius 3 is 2.64 bits per heavy atom. The van der Waals surface area contributed by atoms with Crippen LogP contribution < -0.4 is 4.90 Å². The topological polar surface area (TPSA) is 99.7 Å². The van der Waals surface area contributed by atoms with E-state index in [1.165, 1.54) is 0 Å². The Kier molecular flexibility index (Phi) is 1.71. The maximum absolute atomic E-state index is 10.4. The molecule has 0 aliphatic carbocycles. The molecule has 1 aliphatic rings. The van der Waals surface area contributed by atoms with Crippen molar-refractivity contribution in [3.8, 4) is 0 Å². The van der Waals surface area contributed by atoms with Gasteiger partial charge in [-0.1, -0.05) is 10.2 Å². The molecule has 1 fully saturated rings. The smallest absolute Gasteiger partial charge is 0.393 e. The van der Waals surface area contributed by atoms with Gasteiger partial charge in [0.05, 0.1) is 18.7 Å². The van der Waals surface area contributed by atoms with Crippen LogP contribution in [0.25, 0.3) is 0 Å². The average Bonchev–Trinajstić information content (AvgIpc) is 2.47. The molecule has 1 saturated heterocycles. The SMILES string of the molecule is CC1(O)CN(c2nnc(C(=O)O)o2)C1. The molecule has 7 nitrogen and oxygen atoms in total. The van der Waals surface area contributed by atoms with Crippen LogP contribution in [0, 0.1) is 0 Å². The molecule has 0 aromatic carbocycles. The minimum absolute atomic E-state index is 0.133. The number of carboxylic acid groups (broad SMARTS) is 1. The zero-order chi connectivity index (χ0) is 10.3. The number of anilines is 1. The van der Waals surface area contributed by atoms with Crippen molar-refractivity contribution < 1.29 is 19.4 Å². The molecule has 0 atom stereocenters. The second kappa shape index (κ2) is 2.68. The van der Waals surface area contributed by atoms with Crippen LogP contribution in [0.3, 0.4) is 0 Å². The van der Waals surface area contributed by atoms with Gasteiger partial charge in [-0.2, -0.15) is 0 Å². The molecule has 76 valence electrons. The van der Waals surface area contributed by atoms with E-state index in [9.17, 15) is 9.90 Å². The number of hydrogen-bond acceptors (Lipinski definition) is 6. The van der Waals surface area contributed by atoms with Crippen molar-refractivity contribution >= 4 is 12.0 Å². The van der Waals surface area contributed by atoms with Crippen molar-refractivity contribution in [1.29, 1.82) is 0 Å². The Balaban J connectivity index is 2.08. The van der Waals surface area contributed by atoms with Crippen LogP contribution in [0.5, 0.6) is 0 Å². The minimum atomic E-state index is -1.25. The van der Waals surface area contributed by atoms with Crippen molar-refractivity contribution in [2.24, 2.45) is 0 Å². The zero-order valence-electron chi connectivity index (χ0n) is 7.47. The van der Waals surface area contributed by atoms with E-state index in [1.807, 2.05) is 0 Å². The van der Waals surface area contributed by atoms with E-state index in [0.29, 0.717) is 13.1 Å². The second-order valence-corrected chi connectivity index (χ2v) is 3.55. The summed E-state index contributed by atoms with van der Waals surface area (Å²) in [6.45, 7) is 2.42. The van der Waals surface area contributed by atoms with E-state index in [-0.39, 0.29) is 6.01 Å². The van der Waals surface area contributed by atoms with Gasteiger partial charge in [0.25, 0.3) is 0 Å². The first-order chi connectivity index (χ1) is 6.48. The second-order valence-electron chi connectivity index (χ2n) is 3.55. The summed E-state index contributed by atoms with van der Waals surface area (Å²) in [5.74, 6) is -1.69. The summed E-state index contributed by atoms with van der Waals surface area (Å²) >= 11 is 0. The van der Waals surface area contributed by atoms with Crippen LogP contribution in [-0.4, -0.2) is 45.1 Å². The molecule has 0 saturated carbocycles. The maximum atomic E-state index is 10.4. The van der Waals surface area contributed by atoms with Crippen molar-refractivity contribution in [2.45, 2.75) is 12.5 Å². The molecule has 1 aliphatic heterocycles. The van der Waals surface area contributed by atoms with E-state index < -0.39 is 17.5 Å². The van der Waals surface area contributed by atoms with Crippen LogP contribution >= 0.6 is 0 Å². The molecule has 0 bridgehead atoms. The third kappa shape index (κ3) is 1.41. The monoisotopic (exact) mass is 199 g/mol. The molecule has 1 aromatic heterocycles. The van der Waals surface area contributed by atoms with Gasteiger partial charge in [-0.05, 0) is 6.92 Å². The quantitative estimate of drug-likeness (QED) is 0.652. The highest BCUT2D eigenvalue weighted by atomic mass is 16.4. The van der Waals surface area contributed by atoms with Gasteiger partial charge < -0.3 is 19.5 Å². The summed E-state index contributed by atoms with van der Waals surface area (Å²) in [4.78, 5) is 12.0. The first-order valence-corrected chi connectivity index (χ1v) is 4.02. The first-order valence-electron chi connectivity index (χ1n) is 4.02. The summed E-state index contributed by atoms with van der Waals surface area (Å²) in [6, 6.07) is 0.133. The third-order valence-corrected chi connectivity index (χ3v) is 1.93. The van der Waals surface area contributed by atoms with Gasteiger partial charge in [0.1, 0.15) is 0 Å². The Bertz CT molecular complexity index is 365. The fourth-order valence-electron chi connectivity index (χ4n) is 1.34. The van der Waals surface area contributed by atoms with Crippen LogP contribution in [-0.2, 0) is 0 Å². The molecular weight excluding hydrogens is 190 g/mol. The van der Waals surface area contributed by atoms with E-state index in [2.05, 4.69) is 10.2 Å². The summed E-state index contributed by atoms with van der Waals surface area (Å²) in [5.41, 5.74) is -0.752. The molecule has 7 heteroatoms. The van der Waals surface area contributed by atoms with Gasteiger partial charge >= 0.3 is 17.9 Å². The van der Waals surface area contributed by atoms with Crippen molar-refractivity contribution in [1.82, 2.24) is 10.2 Å². The van der Waals surface area contributed by atoms with Gasteiger partial charge in [0, 0.05) is 0 Å². The molecule has 1 aromatic rings. The highest BCUT2D eigenvalue weighted by molar-refractivity contribution is 5.82. The fourth-order valence-corrected chi connectivity index (χ4v) is 1.34. The molecule has 2 heterocycles. The number of aromatic nitrogens is 2. The normalized spacial score (nSPS) is 19.1. The number of carbonyl (C=O) groups is 1. The molecular formula is C7H9N3O4. The molecule has 0 unspecified atom stereocenters. The van der Waals surface area contributed by atoms with Crippen molar-refractivity contribution in [2.75, 3.05) is 18.0 Å². The van der Waals surface area contributed by atoms with Crippen molar-refractivity contribution in [3.05, 3.63) is 5.89 Å². The summed E-state index contributed by atoms with van der Waals surface area (Å²) in [6.07, 6.45) is 0. The molecule has 0 amide bonds. The first kappa shape index (κ1) is 8.95. The van der Waals surface area contributed by atoms with Crippen LogP contribution in [0.1, 0.15) is 17.6 Å². The number of β-amino-alcohol motifs (C(OH)–C–C–N with tert-alkyl or cyclic N) is 1. The van der Waals surface area contributed by atoms with E-state index in [0.717, 1.165) is 0 Å². The predicted molar refractivity (Wildman–Crippen MR) is 44.1 cm³/mol. The largest absolute Gasteiger partial charge is 0.474 e. The molecule has 2 N–H and O–H groups in total. The number of aromatic carboxylic acids is 1. The maximum Gasteiger partial charge on any atom is 0.393 e. The third-order valence-electron chi connectivity index (χ3n) is 1.93. The Labute approximate surface area is 79.0 Å². The van der Waals surface area contributed by atoms with Crippen molar-refractivity contribution in [3.63, 3.8) is 0 Å². The number of hydrogen-bond donors (Lipinski definition) is 2. The standard InChI is InChI=1S/C7H9N3O4/c1-7(13)2-10(3-7)6-9-8-4(14-6)5(11)12/h13H,2-3H2,1H3,(H,11,12). The minimum Gasteiger partial charge on any atom is -0.474 e. The lowest BCUT2D eigenvalue weighted by molar-refractivity contribution is 0.0276. The molecule has 0 radical (unpaired) electrons. The summed E-state index contributed by atoms with van der Waals surface area (Å²) < 4.78 is 4.84. The van der Waals surface area contributed by atoms with Crippen LogP contribution in [0.15, 0.2) is 4.42 Å². The summed E-state index contributed by atoms with van der Waals surface area (Å²) in [5, 5.41) is 24.8. The number of rotatable bonds is 2. The predicted octanol–water partition coefficient (Wildman–Crippen LogP) is -0.661. The lowest BCUT2D eigenvalue weighted by Crippen LogP contribution is -2.60. The lowest BCUT2D eigenvalue weighted by Gasteiger charge is -2.42. The Morgan fingerprint density at radius 2 is 2.21 bits per heavy atom. The highest BCUT2D eigenvalue weighted by Gasteiger charge is 2.39. The van der Waals surface area contributed by atoms with E-state index >= 15 is 0 Å². The Hall–Kier alpha value is -1.63. The van der Waals surface area contributed by atoms with E-state index in [1.54, 1.807) is 11.8 Å². The van der Waals surface area contributed by atoms with Gasteiger partial charge in [-0.25, -0.2) is 4.79 Å². The van der Waals surface area contributed by atoms with Gasteiger partial charge in [0.2, 0.25) is 0 Å². The van der Waals surface area contributed by atoms with Gasteiger partial charge in [-0.15, -0.1) is 0 Å². The van der Waals surface area contributed by atoms with Gasteiger partial charge in [-0.3, -0.25) is 0 Å². The molecule has 2 rings (SSSR count). The number of aliphatic hydroxyl groups is 1. The average molecular weight is 199 g/mol. The van der Waals surface area contributed by atoms with Crippen LogP contribution in [0.2, 0.25) is 0 Å². The van der Waals surface area contributed by atoms with Crippen LogP contribution in [0.4, 0.5) is 6.01 Å². The lowest BCUT2D eigenvalue weighted by atomic mass is 9.98. The fraction of sp³-hybridized carbons (Fsp3) is 0.571. The highest BCUT2D eigenvalue weighted by Crippen LogP contribution is 2.25. The number of carboxylic acids is 1. The molecule has 0 spiro atoms. The molecule has 14 heavy (non-hydrogen) atoms. The van der Waals surface area contributed by atoms with E-state index in [4.69, 9.17) is 9.52 Å². The summed E-state index contributed by atoms with van der Waals surface area (Å²) in [7, 11) is 0. The van der Waals surface area contributed by atoms with Gasteiger partial charge in [0.15, 0.2) is 0 Å². The zero-order valence-corrected chi connectivity index (χ0v) is 7.47. The number of nitrogens with zero attached hydrogens (tertiary/aromatic N) is 3. The Morgan fingerprint density at radius 1 is 1.57 bits per heavy atom.